The van der Waals surface area contributed by atoms with Gasteiger partial charge in [0.1, 0.15) is 5.75 Å². The molecule has 0 atom stereocenters. The highest BCUT2D eigenvalue weighted by Crippen LogP contribution is 2.29. The van der Waals surface area contributed by atoms with Crippen LogP contribution >= 0.6 is 0 Å². The molecule has 146 valence electrons. The maximum atomic E-state index is 12.7. The van der Waals surface area contributed by atoms with Gasteiger partial charge < -0.3 is 14.6 Å². The minimum absolute atomic E-state index is 0.167. The fourth-order valence-corrected chi connectivity index (χ4v) is 3.08. The Labute approximate surface area is 164 Å². The van der Waals surface area contributed by atoms with E-state index < -0.39 is 0 Å². The van der Waals surface area contributed by atoms with Crippen LogP contribution in [0.5, 0.6) is 5.75 Å². The molecule has 3 aromatic rings. The third-order valence-electron chi connectivity index (χ3n) is 4.70. The van der Waals surface area contributed by atoms with E-state index in [1.165, 1.54) is 0 Å². The third-order valence-corrected chi connectivity index (χ3v) is 4.70. The van der Waals surface area contributed by atoms with Crippen molar-refractivity contribution in [3.05, 3.63) is 64.5 Å². The van der Waals surface area contributed by atoms with E-state index in [0.717, 1.165) is 28.0 Å². The number of carbonyl (C=O) groups is 1. The summed E-state index contributed by atoms with van der Waals surface area (Å²) in [7, 11) is 1.64. The van der Waals surface area contributed by atoms with Gasteiger partial charge in [0.2, 0.25) is 11.7 Å². The van der Waals surface area contributed by atoms with Crippen molar-refractivity contribution in [1.82, 2.24) is 15.5 Å². The largest absolute Gasteiger partial charge is 0.496 e. The topological polar surface area (TPSA) is 77.2 Å². The fourth-order valence-electron chi connectivity index (χ4n) is 3.08. The van der Waals surface area contributed by atoms with Crippen LogP contribution in [0.4, 0.5) is 0 Å². The minimum atomic E-state index is -0.183. The number of aryl methyl sites for hydroxylation is 2. The Bertz CT molecular complexity index is 992. The van der Waals surface area contributed by atoms with Crippen LogP contribution in [0.25, 0.3) is 11.4 Å². The monoisotopic (exact) mass is 379 g/mol. The molecule has 6 nitrogen and oxygen atoms in total. The summed E-state index contributed by atoms with van der Waals surface area (Å²) >= 11 is 0. The van der Waals surface area contributed by atoms with E-state index in [2.05, 4.69) is 29.3 Å². The summed E-state index contributed by atoms with van der Waals surface area (Å²) in [6, 6.07) is 11.6. The first-order valence-corrected chi connectivity index (χ1v) is 9.26. The standard InChI is InChI=1S/C22H25N3O3/c1-13(2)17-11-18(15(4)10-19(17)27-5)22(26)23-12-20-24-21(25-28-20)16-9-7-6-8-14(16)3/h6-11,13H,12H2,1-5H3,(H,23,26). The molecule has 0 spiro atoms. The summed E-state index contributed by atoms with van der Waals surface area (Å²) in [6.07, 6.45) is 0. The molecule has 28 heavy (non-hydrogen) atoms. The van der Waals surface area contributed by atoms with Gasteiger partial charge in [-0.15, -0.1) is 0 Å². The van der Waals surface area contributed by atoms with Gasteiger partial charge in [-0.05, 0) is 48.6 Å². The highest BCUT2D eigenvalue weighted by Gasteiger charge is 2.17. The number of amides is 1. The molecule has 1 amide bonds. The molecule has 0 saturated heterocycles. The van der Waals surface area contributed by atoms with Crippen LogP contribution in [-0.4, -0.2) is 23.2 Å². The molecule has 0 radical (unpaired) electrons. The number of nitrogens with zero attached hydrogens (tertiary/aromatic N) is 2. The summed E-state index contributed by atoms with van der Waals surface area (Å²) in [4.78, 5) is 17.1. The SMILES string of the molecule is COc1cc(C)c(C(=O)NCc2nc(-c3ccccc3C)no2)cc1C(C)C. The Morgan fingerprint density at radius 1 is 1.18 bits per heavy atom. The highest BCUT2D eigenvalue weighted by atomic mass is 16.5. The van der Waals surface area contributed by atoms with Crippen molar-refractivity contribution in [1.29, 1.82) is 0 Å². The Morgan fingerprint density at radius 2 is 1.93 bits per heavy atom. The Balaban J connectivity index is 1.75. The van der Waals surface area contributed by atoms with Crippen LogP contribution in [0.1, 0.15) is 52.7 Å². The molecule has 1 heterocycles. The fraction of sp³-hybridized carbons (Fsp3) is 0.318. The number of nitrogens with one attached hydrogen (secondary N) is 1. The molecule has 0 aliphatic carbocycles. The maximum absolute atomic E-state index is 12.7. The van der Waals surface area contributed by atoms with Gasteiger partial charge in [-0.25, -0.2) is 0 Å². The molecule has 2 aromatic carbocycles. The summed E-state index contributed by atoms with van der Waals surface area (Å²) in [6.45, 7) is 8.19. The van der Waals surface area contributed by atoms with Crippen molar-refractivity contribution in [3.63, 3.8) is 0 Å². The van der Waals surface area contributed by atoms with Crippen LogP contribution in [0, 0.1) is 13.8 Å². The Kier molecular flexibility index (Phi) is 5.78. The van der Waals surface area contributed by atoms with Gasteiger partial charge >= 0.3 is 0 Å². The molecule has 0 bridgehead atoms. The highest BCUT2D eigenvalue weighted by molar-refractivity contribution is 5.96. The molecule has 6 heteroatoms. The van der Waals surface area contributed by atoms with E-state index in [9.17, 15) is 4.79 Å². The molecule has 3 rings (SSSR count). The Hall–Kier alpha value is -3.15. The van der Waals surface area contributed by atoms with E-state index in [0.29, 0.717) is 17.3 Å². The maximum Gasteiger partial charge on any atom is 0.251 e. The van der Waals surface area contributed by atoms with Gasteiger partial charge in [0.25, 0.3) is 5.91 Å². The zero-order valence-electron chi connectivity index (χ0n) is 16.9. The zero-order valence-corrected chi connectivity index (χ0v) is 16.9. The van der Waals surface area contributed by atoms with Crippen molar-refractivity contribution in [2.45, 2.75) is 40.2 Å². The lowest BCUT2D eigenvalue weighted by molar-refractivity contribution is 0.0945. The minimum Gasteiger partial charge on any atom is -0.496 e. The molecule has 0 aliphatic rings. The van der Waals surface area contributed by atoms with Crippen molar-refractivity contribution >= 4 is 5.91 Å². The lowest BCUT2D eigenvalue weighted by Crippen LogP contribution is -2.24. The summed E-state index contributed by atoms with van der Waals surface area (Å²) in [5, 5.41) is 6.88. The molecule has 0 fully saturated rings. The second-order valence-electron chi connectivity index (χ2n) is 7.07. The molecule has 1 N–H and O–H groups in total. The van der Waals surface area contributed by atoms with Crippen LogP contribution in [0.3, 0.4) is 0 Å². The lowest BCUT2D eigenvalue weighted by Gasteiger charge is -2.15. The number of hydrogen-bond donors (Lipinski definition) is 1. The Morgan fingerprint density at radius 3 is 2.61 bits per heavy atom. The quantitative estimate of drug-likeness (QED) is 0.686. The number of carbonyl (C=O) groups excluding carboxylic acids is 1. The number of aromatic nitrogens is 2. The van der Waals surface area contributed by atoms with Crippen molar-refractivity contribution in [3.8, 4) is 17.1 Å². The number of benzene rings is 2. The summed E-state index contributed by atoms with van der Waals surface area (Å²) in [5.74, 6) is 1.74. The molecular formula is C22H25N3O3. The van der Waals surface area contributed by atoms with Gasteiger partial charge in [-0.3, -0.25) is 4.79 Å². The normalized spacial score (nSPS) is 10.9. The van der Waals surface area contributed by atoms with Gasteiger partial charge in [0, 0.05) is 11.1 Å². The van der Waals surface area contributed by atoms with Crippen LogP contribution in [-0.2, 0) is 6.54 Å². The van der Waals surface area contributed by atoms with E-state index in [1.807, 2.05) is 50.2 Å². The van der Waals surface area contributed by atoms with Crippen LogP contribution < -0.4 is 10.1 Å². The molecule has 0 aliphatic heterocycles. The predicted molar refractivity (Wildman–Crippen MR) is 107 cm³/mol. The first kappa shape index (κ1) is 19.6. The van der Waals surface area contributed by atoms with Crippen molar-refractivity contribution in [2.24, 2.45) is 0 Å². The van der Waals surface area contributed by atoms with Crippen molar-refractivity contribution < 1.29 is 14.1 Å². The number of rotatable bonds is 6. The smallest absolute Gasteiger partial charge is 0.251 e. The van der Waals surface area contributed by atoms with Crippen LogP contribution in [0.2, 0.25) is 0 Å². The molecular weight excluding hydrogens is 354 g/mol. The first-order chi connectivity index (χ1) is 13.4. The molecule has 1 aromatic heterocycles. The number of methoxy groups -OCH3 is 1. The van der Waals surface area contributed by atoms with Crippen molar-refractivity contribution in [2.75, 3.05) is 7.11 Å². The van der Waals surface area contributed by atoms with Crippen LogP contribution in [0.15, 0.2) is 40.9 Å². The average Bonchev–Trinajstić information content (AvgIpc) is 3.14. The van der Waals surface area contributed by atoms with Gasteiger partial charge in [0.15, 0.2) is 0 Å². The lowest BCUT2D eigenvalue weighted by atomic mass is 9.96. The van der Waals surface area contributed by atoms with E-state index >= 15 is 0 Å². The molecule has 0 unspecified atom stereocenters. The van der Waals surface area contributed by atoms with Gasteiger partial charge in [-0.2, -0.15) is 4.98 Å². The van der Waals surface area contributed by atoms with E-state index in [1.54, 1.807) is 7.11 Å². The zero-order chi connectivity index (χ0) is 20.3. The summed E-state index contributed by atoms with van der Waals surface area (Å²) in [5.41, 5.74) is 4.44. The summed E-state index contributed by atoms with van der Waals surface area (Å²) < 4.78 is 10.7. The van der Waals surface area contributed by atoms with E-state index in [-0.39, 0.29) is 18.4 Å². The third kappa shape index (κ3) is 4.06. The number of hydrogen-bond acceptors (Lipinski definition) is 5. The first-order valence-electron chi connectivity index (χ1n) is 9.26. The second kappa shape index (κ2) is 8.25. The second-order valence-corrected chi connectivity index (χ2v) is 7.07. The number of ether oxygens (including phenoxy) is 1. The van der Waals surface area contributed by atoms with Gasteiger partial charge in [0.05, 0.1) is 13.7 Å². The van der Waals surface area contributed by atoms with Gasteiger partial charge in [-0.1, -0.05) is 43.3 Å². The predicted octanol–water partition coefficient (Wildman–Crippen LogP) is 4.42. The molecule has 0 saturated carbocycles. The van der Waals surface area contributed by atoms with E-state index in [4.69, 9.17) is 9.26 Å². The average molecular weight is 379 g/mol.